The van der Waals surface area contributed by atoms with Crippen molar-refractivity contribution in [2.75, 3.05) is 37.6 Å². The maximum absolute atomic E-state index is 13.2. The lowest BCUT2D eigenvalue weighted by Gasteiger charge is -2.55. The Balaban J connectivity index is 0.934. The van der Waals surface area contributed by atoms with Gasteiger partial charge in [0.05, 0.1) is 0 Å². The molecule has 8 rings (SSSR count). The number of carbonyl (C=O) groups excluding carboxylic acids is 1. The first kappa shape index (κ1) is 21.7. The predicted octanol–water partition coefficient (Wildman–Crippen LogP) is 4.90. The number of piperidine rings is 1. The fourth-order valence-corrected chi connectivity index (χ4v) is 9.98. The number of amides is 1. The number of nitrogens with one attached hydrogen (secondary N) is 1. The van der Waals surface area contributed by atoms with Crippen LogP contribution in [0.4, 0.5) is 5.69 Å². The lowest BCUT2D eigenvalue weighted by atomic mass is 9.49. The van der Waals surface area contributed by atoms with Gasteiger partial charge in [-0.1, -0.05) is 25.1 Å². The second kappa shape index (κ2) is 7.48. The van der Waals surface area contributed by atoms with Crippen molar-refractivity contribution in [3.8, 4) is 0 Å². The van der Waals surface area contributed by atoms with Gasteiger partial charge in [-0.25, -0.2) is 0 Å². The van der Waals surface area contributed by atoms with Crippen molar-refractivity contribution >= 4 is 11.6 Å². The molecule has 5 fully saturated rings. The van der Waals surface area contributed by atoms with Crippen LogP contribution in [0.15, 0.2) is 18.2 Å². The minimum atomic E-state index is 0.00619. The number of nitrogens with zero attached hydrogens (tertiary/aromatic N) is 2. The van der Waals surface area contributed by atoms with Gasteiger partial charge in [0.2, 0.25) is 5.91 Å². The average Bonchev–Trinajstić information content (AvgIpc) is 3.32. The summed E-state index contributed by atoms with van der Waals surface area (Å²) in [6, 6.07) is 7.05. The Hall–Kier alpha value is -1.55. The fourth-order valence-electron chi connectivity index (χ4n) is 9.98. The molecule has 3 aliphatic heterocycles. The Bertz CT molecular complexity index is 967. The molecular formula is C30H43N3O. The Labute approximate surface area is 205 Å². The smallest absolute Gasteiger partial charge is 0.226 e. The first-order chi connectivity index (χ1) is 16.4. The molecule has 184 valence electrons. The summed E-state index contributed by atoms with van der Waals surface area (Å²) >= 11 is 0. The molecule has 4 aliphatic carbocycles. The summed E-state index contributed by atoms with van der Waals surface area (Å²) in [6.07, 6.45) is 12.5. The van der Waals surface area contributed by atoms with Gasteiger partial charge in [-0.05, 0) is 107 Å². The molecule has 1 saturated heterocycles. The van der Waals surface area contributed by atoms with E-state index in [1.54, 1.807) is 16.8 Å². The molecule has 2 atom stereocenters. The summed E-state index contributed by atoms with van der Waals surface area (Å²) in [5.41, 5.74) is 5.20. The standard InChI is InChI=1S/C30H43N3O/c1-28-20-32(13-9-29(28,2)33-12-8-24-6-5-7-25(28)26(24)33)11-4-3-10-31-27(34)30-17-21-14-22(18-30)16-23(15-21)19-30/h5-7,21-23H,3-4,8-20H2,1-2H3,(H,31,34)/t21?,22?,23?,28-,29-,30?/m1/s1. The van der Waals surface area contributed by atoms with E-state index in [1.165, 1.54) is 70.9 Å². The Kier molecular flexibility index (Phi) is 4.77. The van der Waals surface area contributed by atoms with Gasteiger partial charge in [-0.2, -0.15) is 0 Å². The number of likely N-dealkylation sites (tertiary alicyclic amines) is 1. The molecule has 1 aromatic carbocycles. The zero-order valence-corrected chi connectivity index (χ0v) is 21.4. The van der Waals surface area contributed by atoms with Crippen LogP contribution in [0.25, 0.3) is 0 Å². The molecule has 34 heavy (non-hydrogen) atoms. The summed E-state index contributed by atoms with van der Waals surface area (Å²) in [5.74, 6) is 2.93. The fraction of sp³-hybridized carbons (Fsp3) is 0.767. The van der Waals surface area contributed by atoms with E-state index in [9.17, 15) is 4.79 Å². The topological polar surface area (TPSA) is 35.6 Å². The second-order valence-corrected chi connectivity index (χ2v) is 13.5. The Morgan fingerprint density at radius 1 is 1.03 bits per heavy atom. The number of hydrogen-bond acceptors (Lipinski definition) is 3. The highest BCUT2D eigenvalue weighted by Gasteiger charge is 2.60. The molecule has 1 aromatic rings. The molecule has 0 unspecified atom stereocenters. The van der Waals surface area contributed by atoms with E-state index in [-0.39, 0.29) is 16.4 Å². The van der Waals surface area contributed by atoms with Crippen molar-refractivity contribution in [2.24, 2.45) is 23.2 Å². The lowest BCUT2D eigenvalue weighted by molar-refractivity contribution is -0.146. The number of hydrogen-bond donors (Lipinski definition) is 1. The third-order valence-electron chi connectivity index (χ3n) is 11.5. The minimum Gasteiger partial charge on any atom is -0.364 e. The van der Waals surface area contributed by atoms with Gasteiger partial charge in [-0.3, -0.25) is 4.79 Å². The molecule has 0 aromatic heterocycles. The second-order valence-electron chi connectivity index (χ2n) is 13.5. The van der Waals surface area contributed by atoms with Gasteiger partial charge in [0, 0.05) is 48.2 Å². The molecule has 4 saturated carbocycles. The highest BCUT2D eigenvalue weighted by Crippen LogP contribution is 2.60. The number of benzene rings is 1. The number of unbranched alkanes of at least 4 members (excludes halogenated alkanes) is 1. The van der Waals surface area contributed by atoms with E-state index in [2.05, 4.69) is 47.2 Å². The number of anilines is 1. The molecule has 4 bridgehead atoms. The van der Waals surface area contributed by atoms with Crippen molar-refractivity contribution in [3.63, 3.8) is 0 Å². The van der Waals surface area contributed by atoms with Crippen LogP contribution in [0.1, 0.15) is 82.8 Å². The summed E-state index contributed by atoms with van der Waals surface area (Å²) in [6.45, 7) is 10.6. The van der Waals surface area contributed by atoms with Gasteiger partial charge in [0.15, 0.2) is 0 Å². The Morgan fingerprint density at radius 3 is 2.50 bits per heavy atom. The van der Waals surface area contributed by atoms with Crippen molar-refractivity contribution in [3.05, 3.63) is 29.3 Å². The highest BCUT2D eigenvalue weighted by atomic mass is 16.2. The van der Waals surface area contributed by atoms with Crippen LogP contribution in [0.2, 0.25) is 0 Å². The number of carbonyl (C=O) groups is 1. The van der Waals surface area contributed by atoms with Gasteiger partial charge in [0.25, 0.3) is 0 Å². The van der Waals surface area contributed by atoms with Crippen LogP contribution >= 0.6 is 0 Å². The van der Waals surface area contributed by atoms with Crippen LogP contribution in [0.5, 0.6) is 0 Å². The number of fused-ring (bicyclic) bond motifs is 3. The molecule has 4 heteroatoms. The molecule has 0 spiro atoms. The van der Waals surface area contributed by atoms with Crippen LogP contribution in [0.3, 0.4) is 0 Å². The third-order valence-corrected chi connectivity index (χ3v) is 11.5. The molecule has 4 nitrogen and oxygen atoms in total. The minimum absolute atomic E-state index is 0.00619. The molecule has 0 radical (unpaired) electrons. The SMILES string of the molecule is C[C@@]12CCN(CCCCNC(=O)C34CC5CC(CC(C5)C3)C4)C[C@]1(C)c1cccc3c1N2CC3. The summed E-state index contributed by atoms with van der Waals surface area (Å²) in [5, 5.41) is 3.40. The van der Waals surface area contributed by atoms with Crippen molar-refractivity contribution in [1.29, 1.82) is 0 Å². The van der Waals surface area contributed by atoms with Crippen LogP contribution in [-0.4, -0.2) is 49.1 Å². The van der Waals surface area contributed by atoms with Crippen LogP contribution in [0, 0.1) is 23.2 Å². The van der Waals surface area contributed by atoms with Gasteiger partial charge < -0.3 is 15.1 Å². The first-order valence-electron chi connectivity index (χ1n) is 14.3. The van der Waals surface area contributed by atoms with E-state index in [4.69, 9.17) is 0 Å². The van der Waals surface area contributed by atoms with E-state index in [1.807, 2.05) is 0 Å². The molecule has 1 N–H and O–H groups in total. The monoisotopic (exact) mass is 461 g/mol. The summed E-state index contributed by atoms with van der Waals surface area (Å²) in [7, 11) is 0. The van der Waals surface area contributed by atoms with Crippen molar-refractivity contribution in [1.82, 2.24) is 10.2 Å². The maximum Gasteiger partial charge on any atom is 0.226 e. The molecule has 3 heterocycles. The van der Waals surface area contributed by atoms with Gasteiger partial charge in [0.1, 0.15) is 0 Å². The number of para-hydroxylation sites is 1. The molecule has 7 aliphatic rings. The zero-order chi connectivity index (χ0) is 23.1. The first-order valence-corrected chi connectivity index (χ1v) is 14.3. The van der Waals surface area contributed by atoms with E-state index < -0.39 is 0 Å². The third kappa shape index (κ3) is 2.96. The highest BCUT2D eigenvalue weighted by molar-refractivity contribution is 5.83. The molecular weight excluding hydrogens is 418 g/mol. The lowest BCUT2D eigenvalue weighted by Crippen LogP contribution is -2.63. The average molecular weight is 462 g/mol. The van der Waals surface area contributed by atoms with E-state index in [0.29, 0.717) is 5.91 Å². The summed E-state index contributed by atoms with van der Waals surface area (Å²) in [4.78, 5) is 18.7. The van der Waals surface area contributed by atoms with Crippen LogP contribution < -0.4 is 10.2 Å². The van der Waals surface area contributed by atoms with Crippen LogP contribution in [-0.2, 0) is 16.6 Å². The number of rotatable bonds is 6. The predicted molar refractivity (Wildman–Crippen MR) is 137 cm³/mol. The van der Waals surface area contributed by atoms with Gasteiger partial charge in [-0.15, -0.1) is 0 Å². The zero-order valence-electron chi connectivity index (χ0n) is 21.4. The normalized spacial score (nSPS) is 41.6. The van der Waals surface area contributed by atoms with E-state index in [0.717, 1.165) is 43.8 Å². The van der Waals surface area contributed by atoms with Crippen molar-refractivity contribution in [2.45, 2.75) is 89.0 Å². The maximum atomic E-state index is 13.2. The Morgan fingerprint density at radius 2 is 1.76 bits per heavy atom. The van der Waals surface area contributed by atoms with E-state index >= 15 is 0 Å². The van der Waals surface area contributed by atoms with Crippen molar-refractivity contribution < 1.29 is 4.79 Å². The molecule has 1 amide bonds. The largest absolute Gasteiger partial charge is 0.364 e. The van der Waals surface area contributed by atoms with Gasteiger partial charge >= 0.3 is 0 Å². The summed E-state index contributed by atoms with van der Waals surface area (Å²) < 4.78 is 0. The quantitative estimate of drug-likeness (QED) is 0.612.